The average Bonchev–Trinajstić information content (AvgIpc) is 2.14. The Kier molecular flexibility index (Phi) is 6.02. The molecule has 76 valence electrons. The van der Waals surface area contributed by atoms with E-state index in [1.54, 1.807) is 6.08 Å². The van der Waals surface area contributed by atoms with Gasteiger partial charge in [0.15, 0.2) is 0 Å². The van der Waals surface area contributed by atoms with E-state index < -0.39 is 0 Å². The summed E-state index contributed by atoms with van der Waals surface area (Å²) in [6.07, 6.45) is 1.80. The molecule has 0 rings (SSSR count). The molecule has 0 aromatic heterocycles. The molecule has 13 heavy (non-hydrogen) atoms. The van der Waals surface area contributed by atoms with Crippen LogP contribution < -0.4 is 0 Å². The molecule has 0 aliphatic carbocycles. The van der Waals surface area contributed by atoms with Crippen molar-refractivity contribution in [1.82, 2.24) is 4.90 Å². The molecular weight excluding hydrogens is 166 g/mol. The van der Waals surface area contributed by atoms with Crippen LogP contribution in [0, 0.1) is 0 Å². The number of carbonyl (C=O) groups is 1. The minimum absolute atomic E-state index is 0.228. The first-order valence-corrected chi connectivity index (χ1v) is 4.79. The zero-order valence-electron chi connectivity index (χ0n) is 8.96. The van der Waals surface area contributed by atoms with Crippen molar-refractivity contribution in [3.05, 3.63) is 11.8 Å². The van der Waals surface area contributed by atoms with E-state index >= 15 is 0 Å². The van der Waals surface area contributed by atoms with E-state index in [2.05, 4.69) is 0 Å². The molecule has 0 N–H and O–H groups in total. The first-order valence-electron chi connectivity index (χ1n) is 4.79. The molecule has 0 fully saturated rings. The standard InChI is InChI=1S/C10H19NO2/c1-5-9(10(12)13-8-4)11(6-2)7-3/h5H,6-8H2,1-4H3. The minimum atomic E-state index is -0.228. The lowest BCUT2D eigenvalue weighted by atomic mass is 10.3. The summed E-state index contributed by atoms with van der Waals surface area (Å²) < 4.78 is 4.93. The van der Waals surface area contributed by atoms with Crippen LogP contribution in [0.3, 0.4) is 0 Å². The van der Waals surface area contributed by atoms with Crippen LogP contribution in [0.1, 0.15) is 27.7 Å². The molecule has 0 unspecified atom stereocenters. The molecular formula is C10H19NO2. The van der Waals surface area contributed by atoms with Crippen LogP contribution >= 0.6 is 0 Å². The third kappa shape index (κ3) is 3.49. The zero-order valence-corrected chi connectivity index (χ0v) is 8.96. The monoisotopic (exact) mass is 185 g/mol. The number of nitrogens with zero attached hydrogens (tertiary/aromatic N) is 1. The van der Waals surface area contributed by atoms with E-state index in [1.165, 1.54) is 0 Å². The summed E-state index contributed by atoms with van der Waals surface area (Å²) in [6, 6.07) is 0. The molecule has 0 saturated heterocycles. The van der Waals surface area contributed by atoms with Gasteiger partial charge in [0.2, 0.25) is 0 Å². The second-order valence-corrected chi connectivity index (χ2v) is 2.57. The van der Waals surface area contributed by atoms with Crippen molar-refractivity contribution in [2.45, 2.75) is 27.7 Å². The molecule has 0 radical (unpaired) electrons. The highest BCUT2D eigenvalue weighted by Crippen LogP contribution is 2.05. The van der Waals surface area contributed by atoms with E-state index in [4.69, 9.17) is 4.74 Å². The Morgan fingerprint density at radius 2 is 1.85 bits per heavy atom. The van der Waals surface area contributed by atoms with Crippen molar-refractivity contribution in [1.29, 1.82) is 0 Å². The largest absolute Gasteiger partial charge is 0.461 e. The van der Waals surface area contributed by atoms with Gasteiger partial charge in [-0.2, -0.15) is 0 Å². The maximum absolute atomic E-state index is 11.4. The van der Waals surface area contributed by atoms with Gasteiger partial charge < -0.3 is 9.64 Å². The molecule has 0 saturated carbocycles. The Morgan fingerprint density at radius 3 is 2.15 bits per heavy atom. The lowest BCUT2D eigenvalue weighted by Crippen LogP contribution is -2.28. The lowest BCUT2D eigenvalue weighted by Gasteiger charge is -2.22. The van der Waals surface area contributed by atoms with E-state index in [0.29, 0.717) is 12.3 Å². The number of ether oxygens (including phenoxy) is 1. The van der Waals surface area contributed by atoms with Crippen molar-refractivity contribution in [2.75, 3.05) is 19.7 Å². The first kappa shape index (κ1) is 12.0. The van der Waals surface area contributed by atoms with Crippen molar-refractivity contribution in [3.8, 4) is 0 Å². The quantitative estimate of drug-likeness (QED) is 0.483. The van der Waals surface area contributed by atoms with Crippen molar-refractivity contribution < 1.29 is 9.53 Å². The molecule has 0 aromatic rings. The van der Waals surface area contributed by atoms with Crippen LogP contribution in [-0.2, 0) is 9.53 Å². The summed E-state index contributed by atoms with van der Waals surface area (Å²) in [6.45, 7) is 9.79. The predicted molar refractivity (Wildman–Crippen MR) is 53.3 cm³/mol. The fourth-order valence-electron chi connectivity index (χ4n) is 1.20. The van der Waals surface area contributed by atoms with Crippen LogP contribution in [0.5, 0.6) is 0 Å². The van der Waals surface area contributed by atoms with E-state index in [1.807, 2.05) is 32.6 Å². The smallest absolute Gasteiger partial charge is 0.354 e. The Hall–Kier alpha value is -0.990. The lowest BCUT2D eigenvalue weighted by molar-refractivity contribution is -0.140. The number of esters is 1. The SMILES string of the molecule is CC=C(C(=O)OCC)N(CC)CC. The van der Waals surface area contributed by atoms with Gasteiger partial charge in [-0.1, -0.05) is 6.08 Å². The number of hydrogen-bond donors (Lipinski definition) is 0. The molecule has 0 spiro atoms. The van der Waals surface area contributed by atoms with E-state index in [-0.39, 0.29) is 5.97 Å². The number of likely N-dealkylation sites (N-methyl/N-ethyl adjacent to an activating group) is 1. The van der Waals surface area contributed by atoms with Crippen molar-refractivity contribution in [3.63, 3.8) is 0 Å². The molecule has 0 bridgehead atoms. The molecule has 3 nitrogen and oxygen atoms in total. The van der Waals surface area contributed by atoms with Gasteiger partial charge in [-0.3, -0.25) is 0 Å². The summed E-state index contributed by atoms with van der Waals surface area (Å²) in [5.74, 6) is -0.228. The Labute approximate surface area is 80.4 Å². The van der Waals surface area contributed by atoms with Gasteiger partial charge in [-0.25, -0.2) is 4.79 Å². The van der Waals surface area contributed by atoms with Gasteiger partial charge in [-0.15, -0.1) is 0 Å². The molecule has 0 aromatic carbocycles. The van der Waals surface area contributed by atoms with Gasteiger partial charge in [0.1, 0.15) is 5.70 Å². The van der Waals surface area contributed by atoms with Crippen LogP contribution in [0.25, 0.3) is 0 Å². The Morgan fingerprint density at radius 1 is 1.31 bits per heavy atom. The van der Waals surface area contributed by atoms with Crippen LogP contribution in [0.4, 0.5) is 0 Å². The van der Waals surface area contributed by atoms with Gasteiger partial charge in [-0.05, 0) is 27.7 Å². The normalized spacial score (nSPS) is 11.2. The zero-order chi connectivity index (χ0) is 10.3. The van der Waals surface area contributed by atoms with Gasteiger partial charge in [0, 0.05) is 13.1 Å². The summed E-state index contributed by atoms with van der Waals surface area (Å²) in [4.78, 5) is 13.4. The maximum Gasteiger partial charge on any atom is 0.354 e. The van der Waals surface area contributed by atoms with Crippen molar-refractivity contribution >= 4 is 5.97 Å². The average molecular weight is 185 g/mol. The van der Waals surface area contributed by atoms with E-state index in [0.717, 1.165) is 13.1 Å². The third-order valence-corrected chi connectivity index (χ3v) is 1.86. The maximum atomic E-state index is 11.4. The fraction of sp³-hybridized carbons (Fsp3) is 0.700. The topological polar surface area (TPSA) is 29.5 Å². The predicted octanol–water partition coefficient (Wildman–Crippen LogP) is 1.80. The van der Waals surface area contributed by atoms with Gasteiger partial charge in [0.25, 0.3) is 0 Å². The molecule has 0 heterocycles. The second kappa shape index (κ2) is 6.52. The fourth-order valence-corrected chi connectivity index (χ4v) is 1.20. The Balaban J connectivity index is 4.41. The molecule has 0 aliphatic heterocycles. The molecule has 0 amide bonds. The van der Waals surface area contributed by atoms with Crippen LogP contribution in [0.15, 0.2) is 11.8 Å². The molecule has 0 atom stereocenters. The summed E-state index contributed by atoms with van der Waals surface area (Å²) in [5.41, 5.74) is 0.659. The highest BCUT2D eigenvalue weighted by atomic mass is 16.5. The van der Waals surface area contributed by atoms with Gasteiger partial charge >= 0.3 is 5.97 Å². The Bertz CT molecular complexity index is 183. The second-order valence-electron chi connectivity index (χ2n) is 2.57. The molecule has 0 aliphatic rings. The summed E-state index contributed by atoms with van der Waals surface area (Å²) >= 11 is 0. The summed E-state index contributed by atoms with van der Waals surface area (Å²) in [7, 11) is 0. The number of allylic oxidation sites excluding steroid dienone is 1. The minimum Gasteiger partial charge on any atom is -0.461 e. The number of rotatable bonds is 5. The number of hydrogen-bond acceptors (Lipinski definition) is 3. The van der Waals surface area contributed by atoms with Crippen LogP contribution in [-0.4, -0.2) is 30.6 Å². The third-order valence-electron chi connectivity index (χ3n) is 1.86. The first-order chi connectivity index (χ1) is 6.21. The van der Waals surface area contributed by atoms with Gasteiger partial charge in [0.05, 0.1) is 6.61 Å². The number of carbonyl (C=O) groups excluding carboxylic acids is 1. The van der Waals surface area contributed by atoms with E-state index in [9.17, 15) is 4.79 Å². The van der Waals surface area contributed by atoms with Crippen molar-refractivity contribution in [2.24, 2.45) is 0 Å². The highest BCUT2D eigenvalue weighted by Gasteiger charge is 2.14. The molecule has 3 heteroatoms. The highest BCUT2D eigenvalue weighted by molar-refractivity contribution is 5.87. The summed E-state index contributed by atoms with van der Waals surface area (Å²) in [5, 5.41) is 0. The van der Waals surface area contributed by atoms with Crippen LogP contribution in [0.2, 0.25) is 0 Å².